The predicted molar refractivity (Wildman–Crippen MR) is 73.1 cm³/mol. The van der Waals surface area contributed by atoms with Crippen LogP contribution >= 0.6 is 0 Å². The number of nitrogens with two attached hydrogens (primary N) is 1. The molecule has 1 aromatic carbocycles. The minimum atomic E-state index is 0.540. The summed E-state index contributed by atoms with van der Waals surface area (Å²) in [7, 11) is 1.69. The number of rotatable bonds is 8. The summed E-state index contributed by atoms with van der Waals surface area (Å²) in [5.41, 5.74) is 8.70. The first-order valence-electron chi connectivity index (χ1n) is 6.22. The standard InChI is InChI=1S/C14H23NO3/c1-11-5-6-13(15)12(2)14(11)18-10-9-17-8-4-7-16-3/h5-6H,4,7-10,15H2,1-3H3. The fourth-order valence-electron chi connectivity index (χ4n) is 1.67. The maximum absolute atomic E-state index is 5.85. The van der Waals surface area contributed by atoms with Crippen LogP contribution in [0.15, 0.2) is 12.1 Å². The van der Waals surface area contributed by atoms with Gasteiger partial charge in [-0.1, -0.05) is 6.07 Å². The van der Waals surface area contributed by atoms with Gasteiger partial charge in [0.25, 0.3) is 0 Å². The van der Waals surface area contributed by atoms with Crippen molar-refractivity contribution >= 4 is 5.69 Å². The molecule has 0 heterocycles. The molecule has 0 aliphatic rings. The molecule has 0 aromatic heterocycles. The molecule has 0 aliphatic heterocycles. The maximum Gasteiger partial charge on any atom is 0.127 e. The molecule has 0 amide bonds. The van der Waals surface area contributed by atoms with Crippen molar-refractivity contribution in [3.8, 4) is 5.75 Å². The van der Waals surface area contributed by atoms with Gasteiger partial charge in [0, 0.05) is 31.6 Å². The largest absolute Gasteiger partial charge is 0.491 e. The van der Waals surface area contributed by atoms with Crippen molar-refractivity contribution in [2.75, 3.05) is 39.3 Å². The lowest BCUT2D eigenvalue weighted by molar-refractivity contribution is 0.0803. The Morgan fingerprint density at radius 3 is 2.56 bits per heavy atom. The van der Waals surface area contributed by atoms with Gasteiger partial charge < -0.3 is 19.9 Å². The number of methoxy groups -OCH3 is 1. The van der Waals surface area contributed by atoms with Gasteiger partial charge in [0.1, 0.15) is 12.4 Å². The van der Waals surface area contributed by atoms with Crippen LogP contribution in [0.2, 0.25) is 0 Å². The summed E-state index contributed by atoms with van der Waals surface area (Å²) in [6.45, 7) is 6.54. The Morgan fingerprint density at radius 2 is 1.83 bits per heavy atom. The third-order valence-electron chi connectivity index (χ3n) is 2.76. The van der Waals surface area contributed by atoms with Crippen molar-refractivity contribution in [1.82, 2.24) is 0 Å². The van der Waals surface area contributed by atoms with Crippen molar-refractivity contribution < 1.29 is 14.2 Å². The predicted octanol–water partition coefficient (Wildman–Crippen LogP) is 2.32. The van der Waals surface area contributed by atoms with Gasteiger partial charge in [0.05, 0.1) is 6.61 Å². The van der Waals surface area contributed by atoms with E-state index in [9.17, 15) is 0 Å². The zero-order valence-corrected chi connectivity index (χ0v) is 11.5. The number of anilines is 1. The van der Waals surface area contributed by atoms with Crippen LogP contribution < -0.4 is 10.5 Å². The monoisotopic (exact) mass is 253 g/mol. The van der Waals surface area contributed by atoms with E-state index < -0.39 is 0 Å². The molecule has 0 atom stereocenters. The highest BCUT2D eigenvalue weighted by atomic mass is 16.5. The first-order chi connectivity index (χ1) is 8.66. The smallest absolute Gasteiger partial charge is 0.127 e. The van der Waals surface area contributed by atoms with Gasteiger partial charge in [0.15, 0.2) is 0 Å². The second kappa shape index (κ2) is 7.95. The molecule has 0 aliphatic carbocycles. The van der Waals surface area contributed by atoms with Crippen molar-refractivity contribution in [1.29, 1.82) is 0 Å². The Labute approximate surface area is 109 Å². The lowest BCUT2D eigenvalue weighted by Crippen LogP contribution is -2.10. The third-order valence-corrected chi connectivity index (χ3v) is 2.76. The second-order valence-electron chi connectivity index (χ2n) is 4.23. The quantitative estimate of drug-likeness (QED) is 0.570. The molecule has 4 heteroatoms. The Kier molecular flexibility index (Phi) is 6.54. The van der Waals surface area contributed by atoms with Crippen LogP contribution in [0.3, 0.4) is 0 Å². The van der Waals surface area contributed by atoms with E-state index in [2.05, 4.69) is 0 Å². The van der Waals surface area contributed by atoms with E-state index in [0.29, 0.717) is 19.8 Å². The van der Waals surface area contributed by atoms with E-state index in [0.717, 1.165) is 35.6 Å². The van der Waals surface area contributed by atoms with Crippen LogP contribution in [0.5, 0.6) is 5.75 Å². The Balaban J connectivity index is 2.29. The van der Waals surface area contributed by atoms with Crippen LogP contribution in [-0.2, 0) is 9.47 Å². The van der Waals surface area contributed by atoms with E-state index in [1.54, 1.807) is 7.11 Å². The lowest BCUT2D eigenvalue weighted by atomic mass is 10.1. The summed E-state index contributed by atoms with van der Waals surface area (Å²) in [4.78, 5) is 0. The van der Waals surface area contributed by atoms with E-state index in [4.69, 9.17) is 19.9 Å². The fraction of sp³-hybridized carbons (Fsp3) is 0.571. The summed E-state index contributed by atoms with van der Waals surface area (Å²) in [5.74, 6) is 0.871. The molecule has 4 nitrogen and oxygen atoms in total. The van der Waals surface area contributed by atoms with Crippen molar-refractivity contribution in [2.24, 2.45) is 0 Å². The minimum Gasteiger partial charge on any atom is -0.491 e. The molecular formula is C14H23NO3. The molecule has 0 bridgehead atoms. The van der Waals surface area contributed by atoms with E-state index in [1.165, 1.54) is 0 Å². The molecular weight excluding hydrogens is 230 g/mol. The molecule has 0 spiro atoms. The fourth-order valence-corrected chi connectivity index (χ4v) is 1.67. The molecule has 0 saturated carbocycles. The molecule has 0 saturated heterocycles. The first kappa shape index (κ1) is 14.8. The van der Waals surface area contributed by atoms with Gasteiger partial charge in [-0.3, -0.25) is 0 Å². The zero-order chi connectivity index (χ0) is 13.4. The third kappa shape index (κ3) is 4.55. The summed E-state index contributed by atoms with van der Waals surface area (Å²) < 4.78 is 16.1. The number of hydrogen-bond donors (Lipinski definition) is 1. The number of hydrogen-bond acceptors (Lipinski definition) is 4. The highest BCUT2D eigenvalue weighted by molar-refractivity contribution is 5.56. The van der Waals surface area contributed by atoms with Crippen LogP contribution in [0, 0.1) is 13.8 Å². The van der Waals surface area contributed by atoms with Crippen molar-refractivity contribution in [3.63, 3.8) is 0 Å². The Hall–Kier alpha value is -1.26. The number of nitrogen functional groups attached to an aromatic ring is 1. The second-order valence-corrected chi connectivity index (χ2v) is 4.23. The van der Waals surface area contributed by atoms with Gasteiger partial charge in [-0.2, -0.15) is 0 Å². The average molecular weight is 253 g/mol. The Morgan fingerprint density at radius 1 is 1.06 bits per heavy atom. The maximum atomic E-state index is 5.85. The summed E-state index contributed by atoms with van der Waals surface area (Å²) in [6, 6.07) is 3.87. The number of ether oxygens (including phenoxy) is 3. The van der Waals surface area contributed by atoms with Gasteiger partial charge in [-0.25, -0.2) is 0 Å². The van der Waals surface area contributed by atoms with Crippen LogP contribution in [0.25, 0.3) is 0 Å². The van der Waals surface area contributed by atoms with E-state index >= 15 is 0 Å². The Bertz CT molecular complexity index is 366. The molecule has 102 valence electrons. The lowest BCUT2D eigenvalue weighted by Gasteiger charge is -2.13. The van der Waals surface area contributed by atoms with Crippen molar-refractivity contribution in [2.45, 2.75) is 20.3 Å². The van der Waals surface area contributed by atoms with E-state index in [-0.39, 0.29) is 0 Å². The topological polar surface area (TPSA) is 53.7 Å². The summed E-state index contributed by atoms with van der Waals surface area (Å²) in [6.07, 6.45) is 0.910. The van der Waals surface area contributed by atoms with Crippen LogP contribution in [-0.4, -0.2) is 33.5 Å². The molecule has 1 aromatic rings. The molecule has 1 rings (SSSR count). The van der Waals surface area contributed by atoms with Crippen LogP contribution in [0.4, 0.5) is 5.69 Å². The summed E-state index contributed by atoms with van der Waals surface area (Å²) in [5, 5.41) is 0. The SMILES string of the molecule is COCCCOCCOc1c(C)ccc(N)c1C. The molecule has 2 N–H and O–H groups in total. The molecule has 0 fully saturated rings. The highest BCUT2D eigenvalue weighted by Crippen LogP contribution is 2.27. The molecule has 18 heavy (non-hydrogen) atoms. The molecule has 0 unspecified atom stereocenters. The van der Waals surface area contributed by atoms with Gasteiger partial charge in [-0.05, 0) is 31.9 Å². The average Bonchev–Trinajstić information content (AvgIpc) is 2.36. The van der Waals surface area contributed by atoms with Gasteiger partial charge >= 0.3 is 0 Å². The van der Waals surface area contributed by atoms with E-state index in [1.807, 2.05) is 26.0 Å². The minimum absolute atomic E-state index is 0.540. The van der Waals surface area contributed by atoms with Gasteiger partial charge in [0.2, 0.25) is 0 Å². The number of benzene rings is 1. The van der Waals surface area contributed by atoms with Crippen molar-refractivity contribution in [3.05, 3.63) is 23.3 Å². The highest BCUT2D eigenvalue weighted by Gasteiger charge is 2.06. The summed E-state index contributed by atoms with van der Waals surface area (Å²) >= 11 is 0. The van der Waals surface area contributed by atoms with Gasteiger partial charge in [-0.15, -0.1) is 0 Å². The first-order valence-corrected chi connectivity index (χ1v) is 6.22. The normalized spacial score (nSPS) is 10.6. The number of aryl methyl sites for hydroxylation is 1. The van der Waals surface area contributed by atoms with Crippen LogP contribution in [0.1, 0.15) is 17.5 Å². The zero-order valence-electron chi connectivity index (χ0n) is 11.5. The molecule has 0 radical (unpaired) electrons.